The van der Waals surface area contributed by atoms with Crippen molar-refractivity contribution in [1.29, 1.82) is 0 Å². The first-order valence-corrected chi connectivity index (χ1v) is 11.2. The summed E-state index contributed by atoms with van der Waals surface area (Å²) in [5, 5.41) is 4.07. The lowest BCUT2D eigenvalue weighted by Crippen LogP contribution is -2.25. The molecule has 1 N–H and O–H groups in total. The molecule has 0 atom stereocenters. The molecule has 0 saturated heterocycles. The molecule has 7 nitrogen and oxygen atoms in total. The molecule has 0 bridgehead atoms. The van der Waals surface area contributed by atoms with E-state index in [1.54, 1.807) is 30.3 Å². The minimum atomic E-state index is -0.311. The summed E-state index contributed by atoms with van der Waals surface area (Å²) in [5.74, 6) is 1.56. The maximum Gasteiger partial charge on any atom is 0.251 e. The van der Waals surface area contributed by atoms with E-state index in [2.05, 4.69) is 5.32 Å². The molecule has 34 heavy (non-hydrogen) atoms. The zero-order valence-electron chi connectivity index (χ0n) is 18.9. The second kappa shape index (κ2) is 10.2. The van der Waals surface area contributed by atoms with E-state index in [1.165, 1.54) is 21.3 Å². The third-order valence-electron chi connectivity index (χ3n) is 5.45. The number of carbonyl (C=O) groups excluding carboxylic acids is 1. The highest BCUT2D eigenvalue weighted by Gasteiger charge is 2.19. The number of ether oxygens (including phenoxy) is 3. The van der Waals surface area contributed by atoms with Crippen LogP contribution in [0.15, 0.2) is 54.6 Å². The molecule has 0 radical (unpaired) electrons. The minimum Gasteiger partial charge on any atom is -0.493 e. The fourth-order valence-electron chi connectivity index (χ4n) is 3.75. The van der Waals surface area contributed by atoms with Gasteiger partial charge in [0.05, 0.1) is 45.5 Å². The van der Waals surface area contributed by atoms with Gasteiger partial charge >= 0.3 is 0 Å². The third-order valence-corrected chi connectivity index (χ3v) is 6.15. The largest absolute Gasteiger partial charge is 0.493 e. The van der Waals surface area contributed by atoms with Crippen LogP contribution >= 0.6 is 23.2 Å². The Morgan fingerprint density at radius 1 is 0.941 bits per heavy atom. The number of rotatable bonds is 8. The van der Waals surface area contributed by atoms with Crippen LogP contribution in [0.4, 0.5) is 0 Å². The number of nitrogens with zero attached hydrogens (tertiary/aromatic N) is 2. The van der Waals surface area contributed by atoms with Crippen molar-refractivity contribution in [2.75, 3.05) is 21.3 Å². The Kier molecular flexibility index (Phi) is 7.14. The lowest BCUT2D eigenvalue weighted by molar-refractivity contribution is 0.0948. The summed E-state index contributed by atoms with van der Waals surface area (Å²) in [6, 6.07) is 16.3. The number of nitrogens with one attached hydrogen (secondary N) is 1. The molecule has 4 aromatic rings. The number of hydrogen-bond acceptors (Lipinski definition) is 5. The van der Waals surface area contributed by atoms with Crippen molar-refractivity contribution in [2.24, 2.45) is 0 Å². The summed E-state index contributed by atoms with van der Waals surface area (Å²) < 4.78 is 18.0. The van der Waals surface area contributed by atoms with Gasteiger partial charge in [-0.2, -0.15) is 0 Å². The maximum absolute atomic E-state index is 13.0. The topological polar surface area (TPSA) is 74.6 Å². The van der Waals surface area contributed by atoms with Crippen molar-refractivity contribution in [2.45, 2.75) is 13.1 Å². The van der Waals surface area contributed by atoms with Gasteiger partial charge in [-0.3, -0.25) is 4.79 Å². The number of carbonyl (C=O) groups is 1. The Hall–Kier alpha value is -3.42. The first-order valence-electron chi connectivity index (χ1n) is 10.4. The fraction of sp³-hybridized carbons (Fsp3) is 0.200. The number of hydrogen-bond donors (Lipinski definition) is 1. The maximum atomic E-state index is 13.0. The molecule has 1 amide bonds. The minimum absolute atomic E-state index is 0.187. The lowest BCUT2D eigenvalue weighted by Gasteiger charge is -2.15. The van der Waals surface area contributed by atoms with E-state index in [-0.39, 0.29) is 12.5 Å². The number of imidazole rings is 1. The Morgan fingerprint density at radius 3 is 2.21 bits per heavy atom. The molecule has 3 aromatic carbocycles. The second-order valence-electron chi connectivity index (χ2n) is 7.40. The number of halogens is 2. The zero-order chi connectivity index (χ0) is 24.2. The molecule has 1 aromatic heterocycles. The molecule has 176 valence electrons. The van der Waals surface area contributed by atoms with Crippen molar-refractivity contribution in [3.63, 3.8) is 0 Å². The summed E-state index contributed by atoms with van der Waals surface area (Å²) in [7, 11) is 4.51. The highest BCUT2D eigenvalue weighted by atomic mass is 35.5. The first-order chi connectivity index (χ1) is 16.5. The molecule has 0 fully saturated rings. The molecule has 0 spiro atoms. The summed E-state index contributed by atoms with van der Waals surface area (Å²) in [6.07, 6.45) is 0. The van der Waals surface area contributed by atoms with Crippen molar-refractivity contribution in [3.05, 3.63) is 81.6 Å². The van der Waals surface area contributed by atoms with Gasteiger partial charge in [0.15, 0.2) is 11.5 Å². The number of benzene rings is 3. The predicted molar refractivity (Wildman–Crippen MR) is 133 cm³/mol. The van der Waals surface area contributed by atoms with Crippen LogP contribution in [0.1, 0.15) is 21.7 Å². The summed E-state index contributed by atoms with van der Waals surface area (Å²) >= 11 is 12.8. The normalized spacial score (nSPS) is 10.9. The van der Waals surface area contributed by atoms with E-state index >= 15 is 0 Å². The van der Waals surface area contributed by atoms with E-state index in [1.807, 2.05) is 28.8 Å². The highest BCUT2D eigenvalue weighted by molar-refractivity contribution is 6.36. The third kappa shape index (κ3) is 4.62. The van der Waals surface area contributed by atoms with Crippen LogP contribution in [-0.4, -0.2) is 36.8 Å². The number of methoxy groups -OCH3 is 3. The molecule has 9 heteroatoms. The van der Waals surface area contributed by atoms with Crippen LogP contribution in [0.2, 0.25) is 10.0 Å². The van der Waals surface area contributed by atoms with Gasteiger partial charge in [-0.25, -0.2) is 4.98 Å². The van der Waals surface area contributed by atoms with Crippen molar-refractivity contribution >= 4 is 40.1 Å². The van der Waals surface area contributed by atoms with Crippen molar-refractivity contribution < 1.29 is 19.0 Å². The summed E-state index contributed by atoms with van der Waals surface area (Å²) in [4.78, 5) is 17.7. The van der Waals surface area contributed by atoms with E-state index in [4.69, 9.17) is 42.4 Å². The fourth-order valence-corrected chi connectivity index (χ4v) is 4.27. The van der Waals surface area contributed by atoms with Crippen LogP contribution in [0, 0.1) is 0 Å². The predicted octanol–water partition coefficient (Wildman–Crippen LogP) is 5.35. The molecule has 0 aliphatic carbocycles. The Balaban J connectivity index is 1.64. The number of amides is 1. The van der Waals surface area contributed by atoms with Gasteiger partial charge in [0.2, 0.25) is 5.75 Å². The summed E-state index contributed by atoms with van der Waals surface area (Å²) in [5.41, 5.74) is 2.87. The SMILES string of the molecule is COc1cc(C(=O)NCc2nc3ccccc3n2Cc2c(Cl)cccc2Cl)cc(OC)c1OC. The van der Waals surface area contributed by atoms with Gasteiger partial charge in [-0.05, 0) is 36.4 Å². The average Bonchev–Trinajstić information content (AvgIpc) is 3.20. The smallest absolute Gasteiger partial charge is 0.251 e. The van der Waals surface area contributed by atoms with E-state index in [0.29, 0.717) is 45.2 Å². The van der Waals surface area contributed by atoms with E-state index in [0.717, 1.165) is 16.6 Å². The molecule has 0 aliphatic heterocycles. The van der Waals surface area contributed by atoms with Gasteiger partial charge in [0.1, 0.15) is 5.82 Å². The Bertz CT molecular complexity index is 1310. The molecule has 0 saturated carbocycles. The molecule has 4 rings (SSSR count). The Labute approximate surface area is 207 Å². The van der Waals surface area contributed by atoms with Crippen LogP contribution in [0.3, 0.4) is 0 Å². The van der Waals surface area contributed by atoms with E-state index < -0.39 is 0 Å². The van der Waals surface area contributed by atoms with Crippen LogP contribution < -0.4 is 19.5 Å². The van der Waals surface area contributed by atoms with Crippen LogP contribution in [0.5, 0.6) is 17.2 Å². The van der Waals surface area contributed by atoms with Gasteiger partial charge in [0.25, 0.3) is 5.91 Å². The Morgan fingerprint density at radius 2 is 1.59 bits per heavy atom. The monoisotopic (exact) mass is 499 g/mol. The first kappa shape index (κ1) is 23.7. The molecule has 1 heterocycles. The number of para-hydroxylation sites is 2. The van der Waals surface area contributed by atoms with Gasteiger partial charge < -0.3 is 24.1 Å². The van der Waals surface area contributed by atoms with Gasteiger partial charge in [-0.1, -0.05) is 41.4 Å². The van der Waals surface area contributed by atoms with Crippen LogP contribution in [0.25, 0.3) is 11.0 Å². The molecular formula is C25H23Cl2N3O4. The molecular weight excluding hydrogens is 477 g/mol. The van der Waals surface area contributed by atoms with Gasteiger partial charge in [0, 0.05) is 21.2 Å². The quantitative estimate of drug-likeness (QED) is 0.353. The van der Waals surface area contributed by atoms with Gasteiger partial charge in [-0.15, -0.1) is 0 Å². The number of fused-ring (bicyclic) bond motifs is 1. The average molecular weight is 500 g/mol. The summed E-state index contributed by atoms with van der Waals surface area (Å²) in [6.45, 7) is 0.598. The molecule has 0 unspecified atom stereocenters. The standard InChI is InChI=1S/C25H23Cl2N3O4/c1-32-21-11-15(12-22(33-2)24(21)34-3)25(31)28-13-23-29-19-9-4-5-10-20(19)30(23)14-16-17(26)7-6-8-18(16)27/h4-12H,13-14H2,1-3H3,(H,28,31). The van der Waals surface area contributed by atoms with E-state index in [9.17, 15) is 4.79 Å². The number of aromatic nitrogens is 2. The van der Waals surface area contributed by atoms with Crippen molar-refractivity contribution in [1.82, 2.24) is 14.9 Å². The van der Waals surface area contributed by atoms with Crippen molar-refractivity contribution in [3.8, 4) is 17.2 Å². The zero-order valence-corrected chi connectivity index (χ0v) is 20.4. The lowest BCUT2D eigenvalue weighted by atomic mass is 10.1. The highest BCUT2D eigenvalue weighted by Crippen LogP contribution is 2.38. The van der Waals surface area contributed by atoms with Crippen LogP contribution in [-0.2, 0) is 13.1 Å². The second-order valence-corrected chi connectivity index (χ2v) is 8.21. The molecule has 0 aliphatic rings.